The summed E-state index contributed by atoms with van der Waals surface area (Å²) in [5.41, 5.74) is 2.37. The Kier molecular flexibility index (Phi) is 6.22. The van der Waals surface area contributed by atoms with Crippen molar-refractivity contribution in [3.05, 3.63) is 56.7 Å². The van der Waals surface area contributed by atoms with E-state index in [0.717, 1.165) is 12.1 Å². The molecule has 0 aliphatic carbocycles. The fourth-order valence-electron chi connectivity index (χ4n) is 2.39. The Labute approximate surface area is 147 Å². The first kappa shape index (κ1) is 18.0. The van der Waals surface area contributed by atoms with Gasteiger partial charge < -0.3 is 4.90 Å². The molecule has 0 spiro atoms. The maximum absolute atomic E-state index is 12.5. The number of amides is 1. The van der Waals surface area contributed by atoms with E-state index in [1.807, 2.05) is 45.3 Å². The van der Waals surface area contributed by atoms with Crippen LogP contribution in [0.3, 0.4) is 0 Å². The Morgan fingerprint density at radius 1 is 1.22 bits per heavy atom. The number of benzene rings is 1. The zero-order valence-corrected chi connectivity index (χ0v) is 15.6. The minimum atomic E-state index is 0.0247. The number of nitrogens with zero attached hydrogens (tertiary/aromatic N) is 2. The second-order valence-electron chi connectivity index (χ2n) is 5.93. The van der Waals surface area contributed by atoms with Crippen LogP contribution >= 0.6 is 22.9 Å². The summed E-state index contributed by atoms with van der Waals surface area (Å²) in [7, 11) is 3.84. The topological polar surface area (TPSA) is 23.6 Å². The van der Waals surface area contributed by atoms with Crippen molar-refractivity contribution in [3.8, 4) is 0 Å². The average molecular weight is 351 g/mol. The lowest BCUT2D eigenvalue weighted by Crippen LogP contribution is -2.37. The summed E-state index contributed by atoms with van der Waals surface area (Å²) in [5.74, 6) is 0.115. The Balaban J connectivity index is 1.93. The number of aryl methyl sites for hydroxylation is 1. The summed E-state index contributed by atoms with van der Waals surface area (Å²) in [4.78, 5) is 17.7. The SMILES string of the molecule is Cc1ccsc1CN(C)CC(=O)N(C)C(C)c1ccc(Cl)cc1. The van der Waals surface area contributed by atoms with E-state index in [9.17, 15) is 4.79 Å². The molecule has 0 saturated carbocycles. The van der Waals surface area contributed by atoms with E-state index in [-0.39, 0.29) is 11.9 Å². The largest absolute Gasteiger partial charge is 0.338 e. The van der Waals surface area contributed by atoms with Gasteiger partial charge in [0.1, 0.15) is 0 Å². The average Bonchev–Trinajstić information content (AvgIpc) is 2.91. The van der Waals surface area contributed by atoms with Gasteiger partial charge in [-0.1, -0.05) is 23.7 Å². The molecule has 1 aromatic heterocycles. The van der Waals surface area contributed by atoms with Crippen LogP contribution < -0.4 is 0 Å². The second kappa shape index (κ2) is 7.95. The molecule has 0 bridgehead atoms. The van der Waals surface area contributed by atoms with Crippen LogP contribution in [0.1, 0.15) is 29.0 Å². The van der Waals surface area contributed by atoms with E-state index < -0.39 is 0 Å². The van der Waals surface area contributed by atoms with Crippen molar-refractivity contribution in [2.24, 2.45) is 0 Å². The van der Waals surface area contributed by atoms with Gasteiger partial charge in [0.05, 0.1) is 12.6 Å². The smallest absolute Gasteiger partial charge is 0.236 e. The van der Waals surface area contributed by atoms with Gasteiger partial charge in [-0.2, -0.15) is 0 Å². The number of hydrogen-bond donors (Lipinski definition) is 0. The van der Waals surface area contributed by atoms with Crippen LogP contribution in [0.15, 0.2) is 35.7 Å². The number of thiophene rings is 1. The lowest BCUT2D eigenvalue weighted by molar-refractivity contribution is -0.132. The summed E-state index contributed by atoms with van der Waals surface area (Å²) in [6.45, 7) is 5.35. The van der Waals surface area contributed by atoms with Gasteiger partial charge in [-0.3, -0.25) is 9.69 Å². The van der Waals surface area contributed by atoms with Crippen molar-refractivity contribution >= 4 is 28.8 Å². The van der Waals surface area contributed by atoms with Gasteiger partial charge >= 0.3 is 0 Å². The fourth-order valence-corrected chi connectivity index (χ4v) is 3.50. The molecule has 0 N–H and O–H groups in total. The molecule has 0 aliphatic rings. The van der Waals surface area contributed by atoms with Gasteiger partial charge in [0.25, 0.3) is 0 Å². The fraction of sp³-hybridized carbons (Fsp3) is 0.389. The molecule has 1 aromatic carbocycles. The number of halogens is 1. The van der Waals surface area contributed by atoms with Crippen molar-refractivity contribution in [1.29, 1.82) is 0 Å². The van der Waals surface area contributed by atoms with Crippen molar-refractivity contribution in [2.45, 2.75) is 26.4 Å². The van der Waals surface area contributed by atoms with E-state index in [4.69, 9.17) is 11.6 Å². The Bertz CT molecular complexity index is 653. The number of likely N-dealkylation sites (N-methyl/N-ethyl adjacent to an activating group) is 2. The molecular weight excluding hydrogens is 328 g/mol. The predicted molar refractivity (Wildman–Crippen MR) is 98.0 cm³/mol. The highest BCUT2D eigenvalue weighted by atomic mass is 35.5. The first-order chi connectivity index (χ1) is 10.9. The van der Waals surface area contributed by atoms with Crippen LogP contribution in [0.25, 0.3) is 0 Å². The van der Waals surface area contributed by atoms with Gasteiger partial charge in [-0.15, -0.1) is 11.3 Å². The molecule has 124 valence electrons. The first-order valence-corrected chi connectivity index (χ1v) is 8.87. The van der Waals surface area contributed by atoms with E-state index >= 15 is 0 Å². The number of carbonyl (C=O) groups excluding carboxylic acids is 1. The van der Waals surface area contributed by atoms with Crippen LogP contribution in [0.4, 0.5) is 0 Å². The van der Waals surface area contributed by atoms with Gasteiger partial charge in [-0.25, -0.2) is 0 Å². The van der Waals surface area contributed by atoms with Crippen molar-refractivity contribution in [2.75, 3.05) is 20.6 Å². The first-order valence-electron chi connectivity index (χ1n) is 7.61. The van der Waals surface area contributed by atoms with Crippen LogP contribution in [0, 0.1) is 6.92 Å². The van der Waals surface area contributed by atoms with Crippen LogP contribution in [-0.4, -0.2) is 36.3 Å². The van der Waals surface area contributed by atoms with Crippen LogP contribution in [0.5, 0.6) is 0 Å². The molecule has 1 amide bonds. The summed E-state index contributed by atoms with van der Waals surface area (Å²) < 4.78 is 0. The number of carbonyl (C=O) groups is 1. The standard InChI is InChI=1S/C18H23ClN2OS/c1-13-9-10-23-17(13)11-20(3)12-18(22)21(4)14(2)15-5-7-16(19)8-6-15/h5-10,14H,11-12H2,1-4H3. The van der Waals surface area contributed by atoms with Crippen molar-refractivity contribution in [1.82, 2.24) is 9.80 Å². The second-order valence-corrected chi connectivity index (χ2v) is 7.37. The van der Waals surface area contributed by atoms with E-state index in [1.54, 1.807) is 16.2 Å². The van der Waals surface area contributed by atoms with Crippen LogP contribution in [-0.2, 0) is 11.3 Å². The highest BCUT2D eigenvalue weighted by Crippen LogP contribution is 2.21. The molecule has 3 nitrogen and oxygen atoms in total. The van der Waals surface area contributed by atoms with E-state index in [2.05, 4.69) is 23.3 Å². The summed E-state index contributed by atoms with van der Waals surface area (Å²) in [6.07, 6.45) is 0. The highest BCUT2D eigenvalue weighted by Gasteiger charge is 2.19. The number of rotatable bonds is 6. The predicted octanol–water partition coefficient (Wildman–Crippen LogP) is 4.36. The van der Waals surface area contributed by atoms with Gasteiger partial charge in [0.2, 0.25) is 5.91 Å². The third-order valence-corrected chi connectivity index (χ3v) is 5.37. The minimum absolute atomic E-state index is 0.0247. The summed E-state index contributed by atoms with van der Waals surface area (Å²) >= 11 is 7.66. The number of hydrogen-bond acceptors (Lipinski definition) is 3. The third kappa shape index (κ3) is 4.80. The molecule has 0 radical (unpaired) electrons. The molecule has 23 heavy (non-hydrogen) atoms. The normalized spacial score (nSPS) is 12.4. The molecule has 1 heterocycles. The zero-order chi connectivity index (χ0) is 17.0. The quantitative estimate of drug-likeness (QED) is 0.772. The van der Waals surface area contributed by atoms with Gasteiger partial charge in [0, 0.05) is 23.5 Å². The lowest BCUT2D eigenvalue weighted by atomic mass is 10.1. The molecule has 1 unspecified atom stereocenters. The molecular formula is C18H23ClN2OS. The molecule has 2 rings (SSSR count). The molecule has 0 saturated heterocycles. The molecule has 1 atom stereocenters. The lowest BCUT2D eigenvalue weighted by Gasteiger charge is -2.27. The third-order valence-electron chi connectivity index (χ3n) is 4.11. The van der Waals surface area contributed by atoms with E-state index in [1.165, 1.54) is 10.4 Å². The Morgan fingerprint density at radius 3 is 2.43 bits per heavy atom. The molecule has 0 aliphatic heterocycles. The maximum atomic E-state index is 12.5. The summed E-state index contributed by atoms with van der Waals surface area (Å²) in [6, 6.07) is 9.79. The van der Waals surface area contributed by atoms with Gasteiger partial charge in [0.15, 0.2) is 0 Å². The van der Waals surface area contributed by atoms with E-state index in [0.29, 0.717) is 11.6 Å². The molecule has 2 aromatic rings. The maximum Gasteiger partial charge on any atom is 0.236 e. The summed E-state index contributed by atoms with van der Waals surface area (Å²) in [5, 5.41) is 2.80. The van der Waals surface area contributed by atoms with Crippen molar-refractivity contribution in [3.63, 3.8) is 0 Å². The Hall–Kier alpha value is -1.36. The van der Waals surface area contributed by atoms with Gasteiger partial charge in [-0.05, 0) is 55.6 Å². The zero-order valence-electron chi connectivity index (χ0n) is 14.0. The van der Waals surface area contributed by atoms with Crippen LogP contribution in [0.2, 0.25) is 5.02 Å². The highest BCUT2D eigenvalue weighted by molar-refractivity contribution is 7.10. The Morgan fingerprint density at radius 2 is 1.87 bits per heavy atom. The molecule has 5 heteroatoms. The minimum Gasteiger partial charge on any atom is -0.338 e. The van der Waals surface area contributed by atoms with Crippen molar-refractivity contribution < 1.29 is 4.79 Å². The monoisotopic (exact) mass is 350 g/mol. The molecule has 0 fully saturated rings.